The lowest BCUT2D eigenvalue weighted by Gasteiger charge is -2.38. The standard InChI is InChI=1S/2C12H28N.O3Si/c2*1-5-9-13(10-6-2,11-7-3)12-8-4;1-4(2)3/h2*5-12H2,1-4H3;/q2*+1;-2. The second kappa shape index (κ2) is 23.2. The van der Waals surface area contributed by atoms with Crippen molar-refractivity contribution in [1.82, 2.24) is 0 Å². The number of nitrogens with zero attached hydrogens (tertiary/aromatic N) is 2. The molecule has 0 aliphatic rings. The molecule has 0 amide bonds. The van der Waals surface area contributed by atoms with Gasteiger partial charge in [-0.1, -0.05) is 55.4 Å². The molecular formula is C24H56N2O3Si. The average molecular weight is 449 g/mol. The fourth-order valence-corrected chi connectivity index (χ4v) is 5.14. The van der Waals surface area contributed by atoms with Gasteiger partial charge in [0.05, 0.1) is 52.4 Å². The van der Waals surface area contributed by atoms with E-state index in [-0.39, 0.29) is 0 Å². The fraction of sp³-hybridized carbons (Fsp3) is 1.00. The first-order valence-corrected chi connectivity index (χ1v) is 14.0. The predicted octanol–water partition coefficient (Wildman–Crippen LogP) is 4.01. The van der Waals surface area contributed by atoms with Gasteiger partial charge in [-0.05, 0) is 51.4 Å². The van der Waals surface area contributed by atoms with Gasteiger partial charge in [0, 0.05) is 9.17 Å². The molecule has 0 unspecified atom stereocenters. The first kappa shape index (κ1) is 34.2. The maximum Gasteiger partial charge on any atom is 0.0783 e. The number of rotatable bonds is 16. The van der Waals surface area contributed by atoms with Crippen molar-refractivity contribution < 1.29 is 23.0 Å². The van der Waals surface area contributed by atoms with Crippen molar-refractivity contribution in [1.29, 1.82) is 0 Å². The summed E-state index contributed by atoms with van der Waals surface area (Å²) in [7, 11) is -3.63. The second-order valence-corrected chi connectivity index (χ2v) is 9.22. The van der Waals surface area contributed by atoms with Gasteiger partial charge in [-0.25, -0.2) is 0 Å². The summed E-state index contributed by atoms with van der Waals surface area (Å²) in [5, 5.41) is 0. The Balaban J connectivity index is -0.000000412. The molecule has 0 aromatic carbocycles. The third-order valence-corrected chi connectivity index (χ3v) is 5.58. The van der Waals surface area contributed by atoms with Crippen LogP contribution in [0.1, 0.15) is 107 Å². The highest BCUT2D eigenvalue weighted by Gasteiger charge is 2.23. The van der Waals surface area contributed by atoms with Gasteiger partial charge in [0.2, 0.25) is 0 Å². The summed E-state index contributed by atoms with van der Waals surface area (Å²) in [4.78, 5) is 17.0. The molecule has 0 saturated heterocycles. The van der Waals surface area contributed by atoms with Crippen LogP contribution < -0.4 is 9.59 Å². The van der Waals surface area contributed by atoms with Crippen LogP contribution in [0.15, 0.2) is 0 Å². The molecule has 0 saturated carbocycles. The van der Waals surface area contributed by atoms with Crippen LogP contribution in [-0.4, -0.2) is 70.5 Å². The van der Waals surface area contributed by atoms with Crippen LogP contribution in [0.25, 0.3) is 0 Å². The lowest BCUT2D eigenvalue weighted by molar-refractivity contribution is -0.928. The molecule has 0 radical (unpaired) electrons. The normalized spacial score (nSPS) is 11.2. The molecule has 0 fully saturated rings. The molecule has 0 aliphatic carbocycles. The summed E-state index contributed by atoms with van der Waals surface area (Å²) in [6.07, 6.45) is 10.7. The van der Waals surface area contributed by atoms with Crippen LogP contribution in [0.5, 0.6) is 0 Å². The first-order chi connectivity index (χ1) is 14.2. The summed E-state index contributed by atoms with van der Waals surface area (Å²) in [6, 6.07) is 0. The van der Waals surface area contributed by atoms with Gasteiger partial charge in [-0.15, -0.1) is 0 Å². The minimum Gasteiger partial charge on any atom is -0.672 e. The van der Waals surface area contributed by atoms with Crippen LogP contribution in [0.2, 0.25) is 0 Å². The molecule has 0 rings (SSSR count). The first-order valence-electron chi connectivity index (χ1n) is 12.8. The molecule has 0 aliphatic heterocycles. The Morgan fingerprint density at radius 3 is 0.600 bits per heavy atom. The Bertz CT molecular complexity index is 277. The van der Waals surface area contributed by atoms with Crippen molar-refractivity contribution in [3.63, 3.8) is 0 Å². The largest absolute Gasteiger partial charge is 0.672 e. The minimum atomic E-state index is -3.63. The molecule has 0 aromatic heterocycles. The highest BCUT2D eigenvalue weighted by atomic mass is 28.3. The van der Waals surface area contributed by atoms with Gasteiger partial charge in [-0.2, -0.15) is 0 Å². The van der Waals surface area contributed by atoms with E-state index in [0.29, 0.717) is 0 Å². The fourth-order valence-electron chi connectivity index (χ4n) is 5.14. The van der Waals surface area contributed by atoms with Gasteiger partial charge >= 0.3 is 0 Å². The molecule has 0 atom stereocenters. The third-order valence-electron chi connectivity index (χ3n) is 5.58. The molecular weight excluding hydrogens is 392 g/mol. The van der Waals surface area contributed by atoms with Crippen LogP contribution in [0.3, 0.4) is 0 Å². The summed E-state index contributed by atoms with van der Waals surface area (Å²) in [6.45, 7) is 29.6. The van der Waals surface area contributed by atoms with E-state index in [2.05, 4.69) is 55.4 Å². The van der Waals surface area contributed by atoms with Gasteiger partial charge in [-0.3, -0.25) is 0 Å². The van der Waals surface area contributed by atoms with Crippen LogP contribution in [-0.2, 0) is 4.46 Å². The zero-order valence-corrected chi connectivity index (χ0v) is 22.9. The minimum absolute atomic E-state index is 1.33. The maximum atomic E-state index is 8.52. The Labute approximate surface area is 191 Å². The quantitative estimate of drug-likeness (QED) is 0.265. The number of hydrogen-bond donors (Lipinski definition) is 0. The second-order valence-electron chi connectivity index (χ2n) is 8.72. The van der Waals surface area contributed by atoms with Crippen molar-refractivity contribution in [2.75, 3.05) is 52.4 Å². The molecule has 0 spiro atoms. The highest BCUT2D eigenvalue weighted by Crippen LogP contribution is 2.13. The topological polar surface area (TPSA) is 63.2 Å². The Morgan fingerprint density at radius 1 is 0.433 bits per heavy atom. The number of hydrogen-bond acceptors (Lipinski definition) is 3. The molecule has 5 nitrogen and oxygen atoms in total. The van der Waals surface area contributed by atoms with Crippen LogP contribution in [0.4, 0.5) is 0 Å². The van der Waals surface area contributed by atoms with Gasteiger partial charge in [0.15, 0.2) is 0 Å². The number of quaternary nitrogens is 2. The van der Waals surface area contributed by atoms with Gasteiger partial charge < -0.3 is 23.0 Å². The van der Waals surface area contributed by atoms with Gasteiger partial charge in [0.1, 0.15) is 0 Å². The monoisotopic (exact) mass is 448 g/mol. The van der Waals surface area contributed by atoms with E-state index in [4.69, 9.17) is 14.1 Å². The van der Waals surface area contributed by atoms with E-state index in [0.717, 1.165) is 0 Å². The zero-order valence-electron chi connectivity index (χ0n) is 21.9. The lowest BCUT2D eigenvalue weighted by Crippen LogP contribution is -2.50. The van der Waals surface area contributed by atoms with Crippen molar-refractivity contribution in [2.45, 2.75) is 107 Å². The Hall–Kier alpha value is -0.463. The molecule has 184 valence electrons. The maximum absolute atomic E-state index is 8.52. The van der Waals surface area contributed by atoms with E-state index >= 15 is 0 Å². The Morgan fingerprint density at radius 2 is 0.533 bits per heavy atom. The summed E-state index contributed by atoms with van der Waals surface area (Å²) in [5.74, 6) is 0. The van der Waals surface area contributed by atoms with E-state index in [1.165, 1.54) is 113 Å². The lowest BCUT2D eigenvalue weighted by atomic mass is 10.2. The van der Waals surface area contributed by atoms with E-state index in [1.54, 1.807) is 0 Å². The third kappa shape index (κ3) is 19.5. The van der Waals surface area contributed by atoms with Crippen molar-refractivity contribution in [2.24, 2.45) is 0 Å². The van der Waals surface area contributed by atoms with E-state index in [1.807, 2.05) is 0 Å². The molecule has 0 aromatic rings. The SMILES string of the molecule is CCC[N+](CCC)(CCC)CCC.CCC[N+](CCC)(CCC)CCC.O=[Si]([O-])[O-]. The van der Waals surface area contributed by atoms with Crippen LogP contribution >= 0.6 is 0 Å². The Kier molecular flexibility index (Phi) is 26.4. The summed E-state index contributed by atoms with van der Waals surface area (Å²) >= 11 is 0. The van der Waals surface area contributed by atoms with Crippen molar-refractivity contribution in [3.05, 3.63) is 0 Å². The predicted molar refractivity (Wildman–Crippen MR) is 128 cm³/mol. The van der Waals surface area contributed by atoms with Crippen molar-refractivity contribution in [3.8, 4) is 0 Å². The van der Waals surface area contributed by atoms with Crippen LogP contribution in [0, 0.1) is 0 Å². The molecule has 0 heterocycles. The average Bonchev–Trinajstić information content (AvgIpc) is 2.64. The van der Waals surface area contributed by atoms with Gasteiger partial charge in [0.25, 0.3) is 0 Å². The highest BCUT2D eigenvalue weighted by molar-refractivity contribution is 6.17. The van der Waals surface area contributed by atoms with E-state index < -0.39 is 9.17 Å². The smallest absolute Gasteiger partial charge is 0.0783 e. The summed E-state index contributed by atoms with van der Waals surface area (Å²) in [5.41, 5.74) is 0. The molecule has 30 heavy (non-hydrogen) atoms. The summed E-state index contributed by atoms with van der Waals surface area (Å²) < 4.78 is 11.3. The zero-order chi connectivity index (χ0) is 23.9. The molecule has 0 bridgehead atoms. The molecule has 6 heteroatoms. The van der Waals surface area contributed by atoms with Crippen molar-refractivity contribution >= 4 is 9.17 Å². The molecule has 0 N–H and O–H groups in total. The van der Waals surface area contributed by atoms with E-state index in [9.17, 15) is 0 Å².